The third-order valence-electron chi connectivity index (χ3n) is 1.52. The van der Waals surface area contributed by atoms with Gasteiger partial charge in [-0.1, -0.05) is 6.92 Å². The first-order valence-electron chi connectivity index (χ1n) is 2.60. The highest BCUT2D eigenvalue weighted by Gasteiger charge is 2.20. The molecule has 1 aliphatic carbocycles. The Balaban J connectivity index is 2.65. The molecule has 0 heterocycles. The second-order valence-electron chi connectivity index (χ2n) is 2.27. The predicted molar refractivity (Wildman–Crippen MR) is 29.1 cm³/mol. The first-order chi connectivity index (χ1) is 3.22. The Hall–Kier alpha value is -0.460. The average molecular weight is 98.1 g/mol. The number of allylic oxidation sites excluding steroid dienone is 2. The zero-order valence-corrected chi connectivity index (χ0v) is 4.73. The van der Waals surface area contributed by atoms with E-state index in [4.69, 9.17) is 5.11 Å². The quantitative estimate of drug-likeness (QED) is 0.490. The minimum Gasteiger partial charge on any atom is -0.512 e. The van der Waals surface area contributed by atoms with Crippen LogP contribution in [-0.4, -0.2) is 5.11 Å². The third kappa shape index (κ3) is 0.521. The maximum Gasteiger partial charge on any atom is 0.0943 e. The fourth-order valence-corrected chi connectivity index (χ4v) is 0.950. The molecule has 1 unspecified atom stereocenters. The van der Waals surface area contributed by atoms with Crippen LogP contribution in [-0.2, 0) is 0 Å². The van der Waals surface area contributed by atoms with Crippen LogP contribution < -0.4 is 0 Å². The summed E-state index contributed by atoms with van der Waals surface area (Å²) in [5, 5.41) is 8.86. The number of aliphatic hydroxyl groups is 1. The van der Waals surface area contributed by atoms with Crippen LogP contribution in [0.25, 0.3) is 0 Å². The van der Waals surface area contributed by atoms with Crippen molar-refractivity contribution in [2.45, 2.75) is 20.3 Å². The molecule has 0 aromatic heterocycles. The maximum atomic E-state index is 8.86. The number of rotatable bonds is 0. The van der Waals surface area contributed by atoms with Crippen LogP contribution in [0, 0.1) is 5.92 Å². The van der Waals surface area contributed by atoms with Gasteiger partial charge in [-0.05, 0) is 18.9 Å². The highest BCUT2D eigenvalue weighted by molar-refractivity contribution is 5.18. The van der Waals surface area contributed by atoms with Crippen molar-refractivity contribution in [1.82, 2.24) is 0 Å². The van der Waals surface area contributed by atoms with Crippen molar-refractivity contribution in [2.24, 2.45) is 5.92 Å². The molecule has 0 spiro atoms. The van der Waals surface area contributed by atoms with E-state index in [2.05, 4.69) is 0 Å². The molecule has 0 aliphatic heterocycles. The first kappa shape index (κ1) is 4.69. The highest BCUT2D eigenvalue weighted by atomic mass is 16.3. The summed E-state index contributed by atoms with van der Waals surface area (Å²) in [7, 11) is 0. The van der Waals surface area contributed by atoms with E-state index in [1.165, 1.54) is 0 Å². The van der Waals surface area contributed by atoms with Crippen molar-refractivity contribution in [3.8, 4) is 0 Å². The van der Waals surface area contributed by atoms with E-state index >= 15 is 0 Å². The Bertz CT molecular complexity index is 113. The van der Waals surface area contributed by atoms with Gasteiger partial charge in [-0.2, -0.15) is 0 Å². The van der Waals surface area contributed by atoms with Crippen LogP contribution >= 0.6 is 0 Å². The summed E-state index contributed by atoms with van der Waals surface area (Å²) in [6.45, 7) is 4.00. The molecule has 0 saturated heterocycles. The molecule has 1 nitrogen and oxygen atoms in total. The van der Waals surface area contributed by atoms with Gasteiger partial charge in [0.1, 0.15) is 0 Å². The Morgan fingerprint density at radius 2 is 2.29 bits per heavy atom. The molecule has 7 heavy (non-hydrogen) atoms. The molecule has 0 amide bonds. The summed E-state index contributed by atoms with van der Waals surface area (Å²) < 4.78 is 0. The summed E-state index contributed by atoms with van der Waals surface area (Å²) in [5.41, 5.74) is 1.16. The zero-order chi connectivity index (χ0) is 5.44. The third-order valence-corrected chi connectivity index (χ3v) is 1.52. The number of hydrogen-bond acceptors (Lipinski definition) is 1. The zero-order valence-electron chi connectivity index (χ0n) is 4.73. The summed E-state index contributed by atoms with van der Waals surface area (Å²) in [6.07, 6.45) is 1.09. The monoisotopic (exact) mass is 98.1 g/mol. The van der Waals surface area contributed by atoms with Gasteiger partial charge in [0.2, 0.25) is 0 Å². The van der Waals surface area contributed by atoms with Crippen LogP contribution in [0.5, 0.6) is 0 Å². The maximum absolute atomic E-state index is 8.86. The van der Waals surface area contributed by atoms with E-state index in [1.54, 1.807) is 0 Å². The second kappa shape index (κ2) is 1.25. The molecule has 0 radical (unpaired) electrons. The summed E-state index contributed by atoms with van der Waals surface area (Å²) in [5.74, 6) is 1.06. The van der Waals surface area contributed by atoms with Gasteiger partial charge in [-0.15, -0.1) is 0 Å². The molecule has 1 aliphatic rings. The van der Waals surface area contributed by atoms with Crippen LogP contribution in [0.4, 0.5) is 0 Å². The molecule has 1 heteroatoms. The average Bonchev–Trinajstić information content (AvgIpc) is 1.68. The van der Waals surface area contributed by atoms with E-state index in [9.17, 15) is 0 Å². The van der Waals surface area contributed by atoms with Crippen molar-refractivity contribution >= 4 is 0 Å². The lowest BCUT2D eigenvalue weighted by Gasteiger charge is -2.22. The van der Waals surface area contributed by atoms with Crippen LogP contribution in [0.1, 0.15) is 20.3 Å². The van der Waals surface area contributed by atoms with Crippen molar-refractivity contribution in [1.29, 1.82) is 0 Å². The smallest absolute Gasteiger partial charge is 0.0943 e. The molecule has 0 saturated carbocycles. The van der Waals surface area contributed by atoms with E-state index in [1.807, 2.05) is 13.8 Å². The van der Waals surface area contributed by atoms with Gasteiger partial charge in [0.05, 0.1) is 5.76 Å². The van der Waals surface area contributed by atoms with Crippen LogP contribution in [0.15, 0.2) is 11.3 Å². The number of aliphatic hydroxyl groups excluding tert-OH is 1. The molecular formula is C6H10O. The lowest BCUT2D eigenvalue weighted by atomic mass is 9.87. The lowest BCUT2D eigenvalue weighted by molar-refractivity contribution is 0.292. The Morgan fingerprint density at radius 3 is 2.29 bits per heavy atom. The topological polar surface area (TPSA) is 20.2 Å². The minimum absolute atomic E-state index is 0.444. The molecule has 0 aromatic carbocycles. The van der Waals surface area contributed by atoms with Crippen LogP contribution in [0.3, 0.4) is 0 Å². The second-order valence-corrected chi connectivity index (χ2v) is 2.27. The molecular weight excluding hydrogens is 88.1 g/mol. The standard InChI is InChI=1S/C6H10O/c1-4-3-5(2)6(4)7/h4,7H,3H2,1-2H3. The molecule has 40 valence electrons. The normalized spacial score (nSPS) is 30.3. The van der Waals surface area contributed by atoms with Crippen molar-refractivity contribution in [3.05, 3.63) is 11.3 Å². The van der Waals surface area contributed by atoms with Gasteiger partial charge in [0, 0.05) is 5.92 Å². The summed E-state index contributed by atoms with van der Waals surface area (Å²) in [6, 6.07) is 0. The lowest BCUT2D eigenvalue weighted by Crippen LogP contribution is -2.12. The van der Waals surface area contributed by atoms with Gasteiger partial charge < -0.3 is 5.11 Å². The van der Waals surface area contributed by atoms with Crippen molar-refractivity contribution in [2.75, 3.05) is 0 Å². The van der Waals surface area contributed by atoms with E-state index < -0.39 is 0 Å². The van der Waals surface area contributed by atoms with E-state index in [0.29, 0.717) is 11.7 Å². The molecule has 1 rings (SSSR count). The fourth-order valence-electron chi connectivity index (χ4n) is 0.950. The van der Waals surface area contributed by atoms with E-state index in [0.717, 1.165) is 12.0 Å². The first-order valence-corrected chi connectivity index (χ1v) is 2.60. The Morgan fingerprint density at radius 1 is 1.71 bits per heavy atom. The van der Waals surface area contributed by atoms with Gasteiger partial charge in [0.15, 0.2) is 0 Å². The minimum atomic E-state index is 0.444. The van der Waals surface area contributed by atoms with Gasteiger partial charge in [0.25, 0.3) is 0 Å². The summed E-state index contributed by atoms with van der Waals surface area (Å²) in [4.78, 5) is 0. The van der Waals surface area contributed by atoms with Gasteiger partial charge >= 0.3 is 0 Å². The molecule has 0 fully saturated rings. The SMILES string of the molecule is CC1=C(O)C(C)C1. The molecule has 1 atom stereocenters. The fraction of sp³-hybridized carbons (Fsp3) is 0.667. The predicted octanol–water partition coefficient (Wildman–Crippen LogP) is 1.86. The largest absolute Gasteiger partial charge is 0.512 e. The molecule has 0 bridgehead atoms. The highest BCUT2D eigenvalue weighted by Crippen LogP contribution is 2.30. The number of hydrogen-bond donors (Lipinski definition) is 1. The van der Waals surface area contributed by atoms with Crippen molar-refractivity contribution in [3.63, 3.8) is 0 Å². The molecule has 0 aromatic rings. The van der Waals surface area contributed by atoms with Crippen molar-refractivity contribution < 1.29 is 5.11 Å². The van der Waals surface area contributed by atoms with Gasteiger partial charge in [-0.3, -0.25) is 0 Å². The van der Waals surface area contributed by atoms with E-state index in [-0.39, 0.29) is 0 Å². The van der Waals surface area contributed by atoms with Gasteiger partial charge in [-0.25, -0.2) is 0 Å². The molecule has 1 N–H and O–H groups in total. The Kier molecular flexibility index (Phi) is 0.841. The Labute approximate surface area is 43.7 Å². The van der Waals surface area contributed by atoms with Crippen LogP contribution in [0.2, 0.25) is 0 Å². The summed E-state index contributed by atoms with van der Waals surface area (Å²) >= 11 is 0.